The molecular weight excluding hydrogens is 338 g/mol. The lowest BCUT2D eigenvalue weighted by Gasteiger charge is -2.49. The molecule has 2 heterocycles. The molecule has 2 fully saturated rings. The van der Waals surface area contributed by atoms with Crippen molar-refractivity contribution in [2.24, 2.45) is 5.41 Å². The molecule has 7 heteroatoms. The number of halogens is 1. The Labute approximate surface area is 142 Å². The van der Waals surface area contributed by atoms with Crippen LogP contribution in [0, 0.1) is 5.41 Å². The van der Waals surface area contributed by atoms with Crippen LogP contribution in [-0.4, -0.2) is 52.2 Å². The van der Waals surface area contributed by atoms with Gasteiger partial charge in [-0.05, 0) is 31.4 Å². The Morgan fingerprint density at radius 1 is 1.43 bits per heavy atom. The topological polar surface area (TPSA) is 55.8 Å². The normalized spacial score (nSPS) is 29.2. The summed E-state index contributed by atoms with van der Waals surface area (Å²) < 4.78 is 38.8. The second kappa shape index (κ2) is 6.69. The Morgan fingerprint density at radius 2 is 2.22 bits per heavy atom. The number of fused-ring (bicyclic) bond motifs is 1. The highest BCUT2D eigenvalue weighted by Gasteiger charge is 2.48. The molecule has 0 spiro atoms. The van der Waals surface area contributed by atoms with Crippen molar-refractivity contribution in [2.45, 2.75) is 30.3 Å². The summed E-state index contributed by atoms with van der Waals surface area (Å²) in [5, 5.41) is 0.260. The first kappa shape index (κ1) is 17.2. The number of benzene rings is 1. The maximum Gasteiger partial charge on any atom is 0.244 e. The Bertz CT molecular complexity index is 662. The smallest absolute Gasteiger partial charge is 0.244 e. The van der Waals surface area contributed by atoms with Gasteiger partial charge in [-0.15, -0.1) is 0 Å². The van der Waals surface area contributed by atoms with E-state index in [1.54, 1.807) is 35.7 Å². The molecule has 2 aliphatic heterocycles. The van der Waals surface area contributed by atoms with E-state index in [0.717, 1.165) is 19.4 Å². The van der Waals surface area contributed by atoms with E-state index < -0.39 is 10.0 Å². The number of hydrogen-bond donors (Lipinski definition) is 0. The summed E-state index contributed by atoms with van der Waals surface area (Å²) in [6, 6.07) is 6.59. The van der Waals surface area contributed by atoms with Gasteiger partial charge in [0.15, 0.2) is 0 Å². The lowest BCUT2D eigenvalue weighted by molar-refractivity contribution is -0.137. The molecule has 2 atom stereocenters. The summed E-state index contributed by atoms with van der Waals surface area (Å²) in [4.78, 5) is 0.171. The minimum atomic E-state index is -3.61. The van der Waals surface area contributed by atoms with Gasteiger partial charge < -0.3 is 9.47 Å². The standard InChI is InChI=1S/C16H22ClNO4S/c1-21-12-16-8-4-10-22-15(16)7-9-18(11-16)23(19,20)14-6-3-2-5-13(14)17/h2-3,5-6,15H,4,7-12H2,1H3. The summed E-state index contributed by atoms with van der Waals surface area (Å²) in [7, 11) is -1.95. The first-order valence-corrected chi connectivity index (χ1v) is 9.67. The highest BCUT2D eigenvalue weighted by molar-refractivity contribution is 7.89. The van der Waals surface area contributed by atoms with Crippen LogP contribution in [0.15, 0.2) is 29.2 Å². The molecule has 0 radical (unpaired) electrons. The van der Waals surface area contributed by atoms with Crippen molar-refractivity contribution >= 4 is 21.6 Å². The van der Waals surface area contributed by atoms with Crippen LogP contribution in [0.4, 0.5) is 0 Å². The van der Waals surface area contributed by atoms with E-state index in [0.29, 0.717) is 26.1 Å². The zero-order valence-electron chi connectivity index (χ0n) is 13.2. The van der Waals surface area contributed by atoms with Gasteiger partial charge in [0.05, 0.1) is 17.7 Å². The van der Waals surface area contributed by atoms with Crippen molar-refractivity contribution in [3.8, 4) is 0 Å². The summed E-state index contributed by atoms with van der Waals surface area (Å²) in [5.41, 5.74) is -0.264. The maximum atomic E-state index is 13.0. The van der Waals surface area contributed by atoms with Crippen molar-refractivity contribution in [1.82, 2.24) is 4.31 Å². The SMILES string of the molecule is COCC12CCCOC1CCN(S(=O)(=O)c1ccccc1Cl)C2. The molecule has 1 aromatic carbocycles. The zero-order valence-corrected chi connectivity index (χ0v) is 14.8. The molecule has 0 saturated carbocycles. The Kier molecular flexibility index (Phi) is 4.99. The fourth-order valence-electron chi connectivity index (χ4n) is 3.75. The molecule has 0 aromatic heterocycles. The van der Waals surface area contributed by atoms with Gasteiger partial charge in [-0.1, -0.05) is 23.7 Å². The molecule has 2 aliphatic rings. The predicted molar refractivity (Wildman–Crippen MR) is 88.1 cm³/mol. The molecule has 2 saturated heterocycles. The largest absolute Gasteiger partial charge is 0.384 e. The number of nitrogens with zero attached hydrogens (tertiary/aromatic N) is 1. The van der Waals surface area contributed by atoms with Gasteiger partial charge in [0, 0.05) is 32.2 Å². The molecule has 0 amide bonds. The first-order valence-electron chi connectivity index (χ1n) is 7.85. The van der Waals surface area contributed by atoms with Crippen LogP contribution in [0.5, 0.6) is 0 Å². The number of piperidine rings is 1. The van der Waals surface area contributed by atoms with Crippen LogP contribution in [0.3, 0.4) is 0 Å². The summed E-state index contributed by atoms with van der Waals surface area (Å²) in [5.74, 6) is 0. The van der Waals surface area contributed by atoms with Gasteiger partial charge in [0.2, 0.25) is 10.0 Å². The van der Waals surface area contributed by atoms with Gasteiger partial charge in [-0.25, -0.2) is 8.42 Å². The van der Waals surface area contributed by atoms with Gasteiger partial charge in [0.25, 0.3) is 0 Å². The molecule has 0 aliphatic carbocycles. The van der Waals surface area contributed by atoms with Crippen LogP contribution >= 0.6 is 11.6 Å². The van der Waals surface area contributed by atoms with Crippen molar-refractivity contribution < 1.29 is 17.9 Å². The number of hydrogen-bond acceptors (Lipinski definition) is 4. The van der Waals surface area contributed by atoms with Crippen LogP contribution in [-0.2, 0) is 19.5 Å². The van der Waals surface area contributed by atoms with Crippen molar-refractivity contribution in [3.05, 3.63) is 29.3 Å². The van der Waals surface area contributed by atoms with Crippen LogP contribution in [0.1, 0.15) is 19.3 Å². The molecule has 2 unspecified atom stereocenters. The van der Waals surface area contributed by atoms with E-state index in [1.807, 2.05) is 0 Å². The summed E-state index contributed by atoms with van der Waals surface area (Å²) in [6.45, 7) is 2.11. The third kappa shape index (κ3) is 3.15. The highest BCUT2D eigenvalue weighted by Crippen LogP contribution is 2.42. The molecule has 0 bridgehead atoms. The third-order valence-electron chi connectivity index (χ3n) is 4.84. The lowest BCUT2D eigenvalue weighted by atomic mass is 9.73. The van der Waals surface area contributed by atoms with Gasteiger partial charge in [0.1, 0.15) is 4.90 Å². The second-order valence-electron chi connectivity index (χ2n) is 6.32. The third-order valence-corrected chi connectivity index (χ3v) is 7.18. The Balaban J connectivity index is 1.91. The molecule has 3 rings (SSSR count). The quantitative estimate of drug-likeness (QED) is 0.829. The number of rotatable bonds is 4. The lowest BCUT2D eigenvalue weighted by Crippen LogP contribution is -2.57. The summed E-state index contributed by atoms with van der Waals surface area (Å²) >= 11 is 6.11. The molecule has 0 N–H and O–H groups in total. The van der Waals surface area contributed by atoms with Crippen LogP contribution < -0.4 is 0 Å². The predicted octanol–water partition coefficient (Wildman–Crippen LogP) is 2.55. The van der Waals surface area contributed by atoms with E-state index >= 15 is 0 Å². The molecular formula is C16H22ClNO4S. The monoisotopic (exact) mass is 359 g/mol. The van der Waals surface area contributed by atoms with Crippen LogP contribution in [0.2, 0.25) is 5.02 Å². The van der Waals surface area contributed by atoms with Crippen molar-refractivity contribution in [1.29, 1.82) is 0 Å². The molecule has 128 valence electrons. The second-order valence-corrected chi connectivity index (χ2v) is 8.63. The van der Waals surface area contributed by atoms with E-state index in [1.165, 1.54) is 0 Å². The van der Waals surface area contributed by atoms with E-state index in [9.17, 15) is 8.42 Å². The fraction of sp³-hybridized carbons (Fsp3) is 0.625. The summed E-state index contributed by atoms with van der Waals surface area (Å²) in [6.07, 6.45) is 2.60. The number of sulfonamides is 1. The molecule has 23 heavy (non-hydrogen) atoms. The first-order chi connectivity index (χ1) is 11.0. The van der Waals surface area contributed by atoms with Crippen LogP contribution in [0.25, 0.3) is 0 Å². The zero-order chi connectivity index (χ0) is 16.5. The van der Waals surface area contributed by atoms with E-state index in [4.69, 9.17) is 21.1 Å². The average Bonchev–Trinajstić information content (AvgIpc) is 2.54. The van der Waals surface area contributed by atoms with E-state index in [2.05, 4.69) is 0 Å². The highest BCUT2D eigenvalue weighted by atomic mass is 35.5. The number of ether oxygens (including phenoxy) is 2. The van der Waals surface area contributed by atoms with Gasteiger partial charge in [-0.2, -0.15) is 4.31 Å². The Hall–Kier alpha value is -0.660. The fourth-order valence-corrected chi connectivity index (χ4v) is 5.79. The maximum absolute atomic E-state index is 13.0. The van der Waals surface area contributed by atoms with Gasteiger partial charge >= 0.3 is 0 Å². The minimum absolute atomic E-state index is 0.0638. The van der Waals surface area contributed by atoms with Gasteiger partial charge in [-0.3, -0.25) is 0 Å². The van der Waals surface area contributed by atoms with E-state index in [-0.39, 0.29) is 21.4 Å². The molecule has 1 aromatic rings. The Morgan fingerprint density at radius 3 is 2.96 bits per heavy atom. The molecule has 5 nitrogen and oxygen atoms in total. The van der Waals surface area contributed by atoms with Crippen molar-refractivity contribution in [2.75, 3.05) is 33.4 Å². The minimum Gasteiger partial charge on any atom is -0.384 e. The van der Waals surface area contributed by atoms with Crippen molar-refractivity contribution in [3.63, 3.8) is 0 Å². The average molecular weight is 360 g/mol. The number of methoxy groups -OCH3 is 1.